The van der Waals surface area contributed by atoms with Gasteiger partial charge in [0.15, 0.2) is 0 Å². The van der Waals surface area contributed by atoms with E-state index in [9.17, 15) is 19.2 Å². The van der Waals surface area contributed by atoms with E-state index in [0.717, 1.165) is 28.4 Å². The third-order valence-electron chi connectivity index (χ3n) is 2.08. The molecule has 8 nitrogen and oxygen atoms in total. The second kappa shape index (κ2) is 9.05. The van der Waals surface area contributed by atoms with Gasteiger partial charge in [0.2, 0.25) is 0 Å². The van der Waals surface area contributed by atoms with Crippen molar-refractivity contribution in [1.29, 1.82) is 0 Å². The van der Waals surface area contributed by atoms with Gasteiger partial charge in [-0.3, -0.25) is 0 Å². The average Bonchev–Trinajstić information content (AvgIpc) is 2.51. The van der Waals surface area contributed by atoms with Crippen molar-refractivity contribution in [2.75, 3.05) is 28.4 Å². The minimum atomic E-state index is -1.04. The third-order valence-corrected chi connectivity index (χ3v) is 2.79. The van der Waals surface area contributed by atoms with Crippen LogP contribution in [0.25, 0.3) is 0 Å². The molecule has 0 rings (SSSR count). The van der Waals surface area contributed by atoms with E-state index >= 15 is 0 Å². The molecule has 119 valence electrons. The molecule has 0 spiro atoms. The second-order valence-corrected chi connectivity index (χ2v) is 3.99. The quantitative estimate of drug-likeness (QED) is 0.201. The van der Waals surface area contributed by atoms with Crippen LogP contribution >= 0.6 is 0 Å². The summed E-state index contributed by atoms with van der Waals surface area (Å²) in [5, 5.41) is 0. The average molecular weight is 392 g/mol. The van der Waals surface area contributed by atoms with E-state index in [0.29, 0.717) is 6.08 Å². The molecule has 21 heavy (non-hydrogen) atoms. The second-order valence-electron chi connectivity index (χ2n) is 3.21. The normalized spacial score (nSPS) is 12.0. The number of methoxy groups -OCH3 is 4. The number of hydrogen-bond donors (Lipinski definition) is 0. The molecule has 0 aromatic heterocycles. The van der Waals surface area contributed by atoms with Crippen LogP contribution in [0.15, 0.2) is 21.3 Å². The van der Waals surface area contributed by atoms with Crippen molar-refractivity contribution in [3.63, 3.8) is 0 Å². The van der Waals surface area contributed by atoms with E-state index < -0.39 is 35.0 Å². The fourth-order valence-corrected chi connectivity index (χ4v) is 1.64. The molecule has 0 aliphatic rings. The molecule has 9 heteroatoms. The van der Waals surface area contributed by atoms with Gasteiger partial charge in [0.05, 0.1) is 0 Å². The zero-order chi connectivity index (χ0) is 16.6. The van der Waals surface area contributed by atoms with E-state index in [1.54, 1.807) is 0 Å². The fraction of sp³-hybridized carbons (Fsp3) is 0.333. The van der Waals surface area contributed by atoms with Crippen molar-refractivity contribution in [2.45, 2.75) is 0 Å². The van der Waals surface area contributed by atoms with Crippen LogP contribution in [-0.2, 0) is 57.3 Å². The van der Waals surface area contributed by atoms with Gasteiger partial charge >= 0.3 is 131 Å². The summed E-state index contributed by atoms with van der Waals surface area (Å²) in [7, 11) is 4.23. The van der Waals surface area contributed by atoms with Crippen LogP contribution in [0.2, 0.25) is 0 Å². The first kappa shape index (κ1) is 19.0. The van der Waals surface area contributed by atoms with Crippen LogP contribution in [0, 0.1) is 0 Å². The van der Waals surface area contributed by atoms with E-state index in [4.69, 9.17) is 0 Å². The molecule has 0 aliphatic carbocycles. The first-order valence-corrected chi connectivity index (χ1v) is 6.03. The monoisotopic (exact) mass is 391 g/mol. The third kappa shape index (κ3) is 5.13. The van der Waals surface area contributed by atoms with Gasteiger partial charge in [-0.05, 0) is 0 Å². The Morgan fingerprint density at radius 2 is 1.24 bits per heavy atom. The van der Waals surface area contributed by atoms with Crippen molar-refractivity contribution < 1.29 is 57.3 Å². The van der Waals surface area contributed by atoms with E-state index in [1.807, 2.05) is 0 Å². The summed E-state index contributed by atoms with van der Waals surface area (Å²) in [6.45, 7) is 0. The molecule has 0 fully saturated rings. The summed E-state index contributed by atoms with van der Waals surface area (Å²) < 4.78 is 17.4. The van der Waals surface area contributed by atoms with Gasteiger partial charge in [-0.1, -0.05) is 0 Å². The van der Waals surface area contributed by atoms with Crippen molar-refractivity contribution in [1.82, 2.24) is 0 Å². The van der Waals surface area contributed by atoms with Crippen LogP contribution in [0.3, 0.4) is 0 Å². The molecule has 0 saturated heterocycles. The maximum atomic E-state index is 11.8. The number of carbonyl (C=O) groups excluding carboxylic acids is 4. The first-order chi connectivity index (χ1) is 9.83. The molecule has 0 bridgehead atoms. The molecular weight excluding hydrogens is 379 g/mol. The zero-order valence-corrected chi connectivity index (χ0v) is 13.2. The Labute approximate surface area is 131 Å². The molecular formula is C12H13O8Pd. The molecule has 0 aliphatic heterocycles. The van der Waals surface area contributed by atoms with Crippen molar-refractivity contribution in [2.24, 2.45) is 0 Å². The van der Waals surface area contributed by atoms with Crippen molar-refractivity contribution in [3.8, 4) is 0 Å². The van der Waals surface area contributed by atoms with Gasteiger partial charge in [-0.2, -0.15) is 0 Å². The Morgan fingerprint density at radius 1 is 0.762 bits per heavy atom. The Bertz CT molecular complexity index is 517. The Morgan fingerprint density at radius 3 is 1.62 bits per heavy atom. The summed E-state index contributed by atoms with van der Waals surface area (Å²) in [5.74, 6) is -3.93. The van der Waals surface area contributed by atoms with Crippen LogP contribution in [-0.4, -0.2) is 52.3 Å². The van der Waals surface area contributed by atoms with E-state index in [2.05, 4.69) is 38.1 Å². The van der Waals surface area contributed by atoms with E-state index in [-0.39, 0.29) is 4.05 Å². The summed E-state index contributed by atoms with van der Waals surface area (Å²) in [6, 6.07) is 0. The maximum absolute atomic E-state index is 11.8. The van der Waals surface area contributed by atoms with Gasteiger partial charge in [0.1, 0.15) is 0 Å². The fourth-order valence-electron chi connectivity index (χ4n) is 1.11. The molecule has 0 atom stereocenters. The minimum absolute atomic E-state index is 0.368. The SMILES string of the molecule is COC(=O)C=C(C(=O)OC)C(C(=O)OC)=[C]([Pd])C(=O)OC. The predicted octanol–water partition coefficient (Wildman–Crippen LogP) is -0.594. The van der Waals surface area contributed by atoms with Crippen LogP contribution in [0.1, 0.15) is 0 Å². The summed E-state index contributed by atoms with van der Waals surface area (Å²) in [4.78, 5) is 46.4. The van der Waals surface area contributed by atoms with Gasteiger partial charge in [-0.15, -0.1) is 0 Å². The molecule has 0 N–H and O–H groups in total. The topological polar surface area (TPSA) is 105 Å². The van der Waals surface area contributed by atoms with Gasteiger partial charge in [0.25, 0.3) is 0 Å². The summed E-state index contributed by atoms with van der Waals surface area (Å²) >= 11 is 2.51. The zero-order valence-electron chi connectivity index (χ0n) is 11.7. The number of esters is 4. The number of ether oxygens (including phenoxy) is 4. The molecule has 0 aromatic carbocycles. The van der Waals surface area contributed by atoms with Gasteiger partial charge < -0.3 is 0 Å². The first-order valence-electron chi connectivity index (χ1n) is 5.25. The number of hydrogen-bond acceptors (Lipinski definition) is 8. The molecule has 0 aromatic rings. The number of carbonyl (C=O) groups is 4. The summed E-state index contributed by atoms with van der Waals surface area (Å²) in [6.07, 6.45) is 0.703. The Kier molecular flexibility index (Phi) is 8.20. The molecule has 0 heterocycles. The number of rotatable bonds is 5. The Balaban J connectivity index is 6.25. The van der Waals surface area contributed by atoms with Crippen molar-refractivity contribution in [3.05, 3.63) is 21.3 Å². The standard InChI is InChI=1S/C12H13O8.Pd/c1-17-9(13)5-7(11(15)19-3)8(12(16)20-4)6-10(14)18-2;/h5H,1-4H3;. The van der Waals surface area contributed by atoms with Gasteiger partial charge in [-0.25, -0.2) is 0 Å². The van der Waals surface area contributed by atoms with Crippen molar-refractivity contribution >= 4 is 23.9 Å². The van der Waals surface area contributed by atoms with E-state index in [1.165, 1.54) is 0 Å². The molecule has 0 unspecified atom stereocenters. The molecule has 0 saturated carbocycles. The molecule has 0 radical (unpaired) electrons. The Hall–Kier alpha value is -1.98. The van der Waals surface area contributed by atoms with Crippen LogP contribution in [0.5, 0.6) is 0 Å². The summed E-state index contributed by atoms with van der Waals surface area (Å²) in [5.41, 5.74) is -1.02. The predicted molar refractivity (Wildman–Crippen MR) is 63.2 cm³/mol. The molecule has 0 amide bonds. The van der Waals surface area contributed by atoms with Gasteiger partial charge in [0, 0.05) is 0 Å². The van der Waals surface area contributed by atoms with Crippen LogP contribution < -0.4 is 0 Å². The van der Waals surface area contributed by atoms with Crippen LogP contribution in [0.4, 0.5) is 0 Å².